The van der Waals surface area contributed by atoms with E-state index in [4.69, 9.17) is 11.6 Å². The molecule has 2 aromatic rings. The average Bonchev–Trinajstić information content (AvgIpc) is 2.41. The smallest absolute Gasteiger partial charge is 0.270 e. The van der Waals surface area contributed by atoms with Gasteiger partial charge in [0, 0.05) is 28.8 Å². The molecule has 0 saturated heterocycles. The summed E-state index contributed by atoms with van der Waals surface area (Å²) in [7, 11) is 0. The quantitative estimate of drug-likeness (QED) is 0.632. The van der Waals surface area contributed by atoms with Crippen molar-refractivity contribution in [3.63, 3.8) is 0 Å². The molecule has 0 heterocycles. The lowest BCUT2D eigenvalue weighted by molar-refractivity contribution is -0.384. The number of nitro groups is 1. The Bertz CT molecular complexity index is 667. The molecule has 0 aromatic heterocycles. The molecule has 0 aliphatic rings. The molecule has 1 N–H and O–H groups in total. The molecule has 104 valence electrons. The van der Waals surface area contributed by atoms with Crippen LogP contribution in [0.5, 0.6) is 0 Å². The molecule has 2 aromatic carbocycles. The van der Waals surface area contributed by atoms with Crippen molar-refractivity contribution >= 4 is 38.9 Å². The molecule has 2 rings (SSSR count). The van der Waals surface area contributed by atoms with Gasteiger partial charge in [0.05, 0.1) is 9.95 Å². The Morgan fingerprint density at radius 1 is 1.30 bits per heavy atom. The van der Waals surface area contributed by atoms with Gasteiger partial charge in [-0.15, -0.1) is 0 Å². The number of benzene rings is 2. The van der Waals surface area contributed by atoms with E-state index in [1.165, 1.54) is 24.3 Å². The first-order valence-electron chi connectivity index (χ1n) is 5.59. The zero-order valence-corrected chi connectivity index (χ0v) is 12.4. The number of nitrogens with one attached hydrogen (secondary N) is 1. The summed E-state index contributed by atoms with van der Waals surface area (Å²) in [6.45, 7) is 0.431. The maximum atomic E-state index is 13.0. The van der Waals surface area contributed by atoms with Crippen LogP contribution in [0.4, 0.5) is 15.8 Å². The first kappa shape index (κ1) is 14.7. The molecule has 4 nitrogen and oxygen atoms in total. The molecular formula is C13H9BrClFN2O2. The van der Waals surface area contributed by atoms with E-state index in [-0.39, 0.29) is 10.7 Å². The summed E-state index contributed by atoms with van der Waals surface area (Å²) < 4.78 is 13.6. The predicted octanol–water partition coefficient (Wildman–Crippen LogP) is 4.76. The van der Waals surface area contributed by atoms with E-state index in [0.29, 0.717) is 16.7 Å². The largest absolute Gasteiger partial charge is 0.381 e. The van der Waals surface area contributed by atoms with Gasteiger partial charge in [-0.3, -0.25) is 10.1 Å². The summed E-state index contributed by atoms with van der Waals surface area (Å²) in [5.74, 6) is -0.478. The fourth-order valence-electron chi connectivity index (χ4n) is 1.60. The normalized spacial score (nSPS) is 10.3. The Balaban J connectivity index is 2.10. The van der Waals surface area contributed by atoms with Crippen LogP contribution in [0, 0.1) is 15.9 Å². The van der Waals surface area contributed by atoms with Crippen molar-refractivity contribution in [3.05, 3.63) is 67.4 Å². The van der Waals surface area contributed by atoms with E-state index in [1.807, 2.05) is 0 Å². The van der Waals surface area contributed by atoms with Gasteiger partial charge in [0.1, 0.15) is 5.82 Å². The monoisotopic (exact) mass is 358 g/mol. The highest BCUT2D eigenvalue weighted by molar-refractivity contribution is 9.10. The molecular weight excluding hydrogens is 351 g/mol. The minimum absolute atomic E-state index is 0.0189. The molecule has 0 spiro atoms. The Kier molecular flexibility index (Phi) is 4.57. The molecule has 0 unspecified atom stereocenters. The molecule has 7 heteroatoms. The van der Waals surface area contributed by atoms with E-state index in [0.717, 1.165) is 5.56 Å². The van der Waals surface area contributed by atoms with Crippen molar-refractivity contribution in [2.45, 2.75) is 6.54 Å². The Morgan fingerprint density at radius 2 is 2.05 bits per heavy atom. The van der Waals surface area contributed by atoms with Crippen LogP contribution in [-0.4, -0.2) is 4.92 Å². The van der Waals surface area contributed by atoms with Crippen LogP contribution in [0.1, 0.15) is 5.56 Å². The van der Waals surface area contributed by atoms with Crippen molar-refractivity contribution < 1.29 is 9.31 Å². The van der Waals surface area contributed by atoms with Crippen LogP contribution in [-0.2, 0) is 6.54 Å². The number of anilines is 1. The highest BCUT2D eigenvalue weighted by Crippen LogP contribution is 2.25. The van der Waals surface area contributed by atoms with Crippen molar-refractivity contribution in [1.82, 2.24) is 0 Å². The first-order valence-corrected chi connectivity index (χ1v) is 6.76. The Labute approximate surface area is 127 Å². The molecule has 20 heavy (non-hydrogen) atoms. The fraction of sp³-hybridized carbons (Fsp3) is 0.0769. The number of halogens is 3. The van der Waals surface area contributed by atoms with Crippen LogP contribution >= 0.6 is 27.5 Å². The minimum Gasteiger partial charge on any atom is -0.381 e. The van der Waals surface area contributed by atoms with Gasteiger partial charge >= 0.3 is 0 Å². The molecule has 0 atom stereocenters. The lowest BCUT2D eigenvalue weighted by Gasteiger charge is -2.08. The van der Waals surface area contributed by atoms with Crippen LogP contribution in [0.25, 0.3) is 0 Å². The summed E-state index contributed by atoms with van der Waals surface area (Å²) in [6, 6.07) is 8.85. The molecule has 0 aliphatic carbocycles. The summed E-state index contributed by atoms with van der Waals surface area (Å²) >= 11 is 8.97. The maximum Gasteiger partial charge on any atom is 0.270 e. The summed E-state index contributed by atoms with van der Waals surface area (Å²) in [5.41, 5.74) is 1.53. The number of rotatable bonds is 4. The van der Waals surface area contributed by atoms with Crippen molar-refractivity contribution in [2.24, 2.45) is 0 Å². The summed E-state index contributed by atoms with van der Waals surface area (Å²) in [4.78, 5) is 10.2. The lowest BCUT2D eigenvalue weighted by Crippen LogP contribution is -2.01. The van der Waals surface area contributed by atoms with Gasteiger partial charge in [-0.25, -0.2) is 4.39 Å². The van der Waals surface area contributed by atoms with Crippen molar-refractivity contribution in [3.8, 4) is 0 Å². The topological polar surface area (TPSA) is 55.2 Å². The number of hydrogen-bond acceptors (Lipinski definition) is 3. The summed E-state index contributed by atoms with van der Waals surface area (Å²) in [6.07, 6.45) is 0. The number of nitro benzene ring substituents is 1. The molecule has 0 radical (unpaired) electrons. The van der Waals surface area contributed by atoms with Crippen molar-refractivity contribution in [1.29, 1.82) is 0 Å². The third-order valence-electron chi connectivity index (χ3n) is 2.65. The van der Waals surface area contributed by atoms with E-state index >= 15 is 0 Å². The zero-order valence-electron chi connectivity index (χ0n) is 10.1. The molecule has 0 amide bonds. The van der Waals surface area contributed by atoms with Gasteiger partial charge in [-0.2, -0.15) is 0 Å². The van der Waals surface area contributed by atoms with Gasteiger partial charge in [-0.1, -0.05) is 27.5 Å². The maximum absolute atomic E-state index is 13.0. The van der Waals surface area contributed by atoms with Gasteiger partial charge in [0.25, 0.3) is 5.69 Å². The third-order valence-corrected chi connectivity index (χ3v) is 3.68. The van der Waals surface area contributed by atoms with Gasteiger partial charge in [0.2, 0.25) is 0 Å². The SMILES string of the molecule is O=[N+]([O-])c1ccc(CNc2ccc(F)c(Cl)c2)c(Br)c1. The Hall–Kier alpha value is -1.66. The standard InChI is InChI=1S/C13H9BrClFN2O2/c14-11-6-10(18(19)20)3-1-8(11)7-17-9-2-4-13(16)12(15)5-9/h1-6,17H,7H2. The lowest BCUT2D eigenvalue weighted by atomic mass is 10.2. The molecule has 0 fully saturated rings. The predicted molar refractivity (Wildman–Crippen MR) is 79.5 cm³/mol. The van der Waals surface area contributed by atoms with E-state index in [2.05, 4.69) is 21.2 Å². The summed E-state index contributed by atoms with van der Waals surface area (Å²) in [5, 5.41) is 13.7. The van der Waals surface area contributed by atoms with Crippen LogP contribution in [0.2, 0.25) is 5.02 Å². The Morgan fingerprint density at radius 3 is 2.65 bits per heavy atom. The van der Waals surface area contributed by atoms with Gasteiger partial charge in [-0.05, 0) is 29.8 Å². The minimum atomic E-state index is -0.478. The second-order valence-corrected chi connectivity index (χ2v) is 5.28. The number of nitrogens with zero attached hydrogens (tertiary/aromatic N) is 1. The van der Waals surface area contributed by atoms with Gasteiger partial charge < -0.3 is 5.32 Å². The van der Waals surface area contributed by atoms with Crippen molar-refractivity contribution in [2.75, 3.05) is 5.32 Å². The van der Waals surface area contributed by atoms with Crippen LogP contribution in [0.15, 0.2) is 40.9 Å². The molecule has 0 saturated carbocycles. The van der Waals surface area contributed by atoms with Crippen LogP contribution < -0.4 is 5.32 Å². The van der Waals surface area contributed by atoms with E-state index < -0.39 is 10.7 Å². The van der Waals surface area contributed by atoms with Gasteiger partial charge in [0.15, 0.2) is 0 Å². The highest BCUT2D eigenvalue weighted by Gasteiger charge is 2.09. The first-order chi connectivity index (χ1) is 9.47. The molecule has 0 aliphatic heterocycles. The molecule has 0 bridgehead atoms. The van der Waals surface area contributed by atoms with Crippen LogP contribution in [0.3, 0.4) is 0 Å². The second kappa shape index (κ2) is 6.19. The zero-order chi connectivity index (χ0) is 14.7. The average molecular weight is 360 g/mol. The van der Waals surface area contributed by atoms with E-state index in [9.17, 15) is 14.5 Å². The second-order valence-electron chi connectivity index (χ2n) is 4.02. The fourth-order valence-corrected chi connectivity index (χ4v) is 2.28. The third kappa shape index (κ3) is 3.46. The number of hydrogen-bond donors (Lipinski definition) is 1. The number of non-ortho nitro benzene ring substituents is 1. The van der Waals surface area contributed by atoms with E-state index in [1.54, 1.807) is 12.1 Å². The highest BCUT2D eigenvalue weighted by atomic mass is 79.9.